The number of carbonyl (C=O) groups excluding carboxylic acids is 1. The normalized spacial score (nSPS) is 13.5. The summed E-state index contributed by atoms with van der Waals surface area (Å²) >= 11 is 12.2. The number of rotatable bonds is 5. The van der Waals surface area contributed by atoms with Gasteiger partial charge in [-0.2, -0.15) is 0 Å². The number of nitrogens with zero attached hydrogens (tertiary/aromatic N) is 3. The molecule has 10 heteroatoms. The fraction of sp³-hybridized carbons (Fsp3) is 0.190. The number of morpholine rings is 1. The highest BCUT2D eigenvalue weighted by Gasteiger charge is 2.12. The Hall–Kier alpha value is -3.07. The maximum Gasteiger partial charge on any atom is 0.324 e. The SMILES string of the molecule is O=C(Nc1cc(Nc2ccc(N3CCOCC3)cc2)ncn1)Nc1c(Cl)cccc1Cl. The van der Waals surface area contributed by atoms with Crippen molar-refractivity contribution in [2.24, 2.45) is 0 Å². The lowest BCUT2D eigenvalue weighted by Gasteiger charge is -2.28. The third-order valence-electron chi connectivity index (χ3n) is 4.63. The summed E-state index contributed by atoms with van der Waals surface area (Å²) in [6.07, 6.45) is 1.36. The molecule has 2 heterocycles. The van der Waals surface area contributed by atoms with Crippen LogP contribution >= 0.6 is 23.2 Å². The van der Waals surface area contributed by atoms with E-state index < -0.39 is 6.03 Å². The Bertz CT molecular complexity index is 1040. The summed E-state index contributed by atoms with van der Waals surface area (Å²) in [6.45, 7) is 3.25. The van der Waals surface area contributed by atoms with Crippen LogP contribution < -0.4 is 20.9 Å². The maximum absolute atomic E-state index is 12.3. The fourth-order valence-electron chi connectivity index (χ4n) is 3.10. The third-order valence-corrected chi connectivity index (χ3v) is 5.26. The molecule has 8 nitrogen and oxygen atoms in total. The molecule has 1 aliphatic rings. The molecule has 1 aromatic heterocycles. The molecule has 1 aliphatic heterocycles. The van der Waals surface area contributed by atoms with E-state index >= 15 is 0 Å². The standard InChI is InChI=1S/C21H20Cl2N6O2/c22-16-2-1-3-17(23)20(16)28-21(30)27-19-12-18(24-13-25-19)26-14-4-6-15(7-5-14)29-8-10-31-11-9-29/h1-7,12-13H,8-11H2,(H3,24,25,26,27,28,30). The lowest BCUT2D eigenvalue weighted by atomic mass is 10.2. The number of ether oxygens (including phenoxy) is 1. The molecule has 4 rings (SSSR count). The Morgan fingerprint density at radius 3 is 2.32 bits per heavy atom. The molecule has 0 spiro atoms. The van der Waals surface area contributed by atoms with Gasteiger partial charge in [-0.05, 0) is 36.4 Å². The molecule has 3 N–H and O–H groups in total. The Balaban J connectivity index is 1.38. The molecule has 0 bridgehead atoms. The van der Waals surface area contributed by atoms with Crippen molar-refractivity contribution in [1.82, 2.24) is 9.97 Å². The van der Waals surface area contributed by atoms with Crippen LogP contribution in [0.2, 0.25) is 10.0 Å². The van der Waals surface area contributed by atoms with Crippen LogP contribution in [-0.2, 0) is 4.74 Å². The molecule has 0 saturated carbocycles. The van der Waals surface area contributed by atoms with Crippen LogP contribution in [0.1, 0.15) is 0 Å². The summed E-state index contributed by atoms with van der Waals surface area (Å²) in [5, 5.41) is 9.16. The van der Waals surface area contributed by atoms with Crippen molar-refractivity contribution < 1.29 is 9.53 Å². The third kappa shape index (κ3) is 5.55. The van der Waals surface area contributed by atoms with Gasteiger partial charge >= 0.3 is 6.03 Å². The van der Waals surface area contributed by atoms with Crippen molar-refractivity contribution in [3.05, 3.63) is 64.9 Å². The molecule has 3 aromatic rings. The van der Waals surface area contributed by atoms with Gasteiger partial charge in [0.25, 0.3) is 0 Å². The molecule has 2 aromatic carbocycles. The van der Waals surface area contributed by atoms with Gasteiger partial charge in [-0.1, -0.05) is 29.3 Å². The fourth-order valence-corrected chi connectivity index (χ4v) is 3.59. The number of nitrogens with one attached hydrogen (secondary N) is 3. The number of urea groups is 1. The van der Waals surface area contributed by atoms with Crippen LogP contribution in [0.15, 0.2) is 54.9 Å². The number of benzene rings is 2. The second kappa shape index (κ2) is 9.82. The van der Waals surface area contributed by atoms with E-state index in [2.05, 4.69) is 43.0 Å². The first-order chi connectivity index (χ1) is 15.1. The number of hydrogen-bond acceptors (Lipinski definition) is 6. The van der Waals surface area contributed by atoms with Gasteiger partial charge in [0.1, 0.15) is 18.0 Å². The van der Waals surface area contributed by atoms with Crippen LogP contribution in [0.3, 0.4) is 0 Å². The van der Waals surface area contributed by atoms with Gasteiger partial charge < -0.3 is 20.3 Å². The minimum atomic E-state index is -0.519. The molecular formula is C21H20Cl2N6O2. The monoisotopic (exact) mass is 458 g/mol. The molecule has 1 saturated heterocycles. The number of anilines is 5. The number of aromatic nitrogens is 2. The Morgan fingerprint density at radius 1 is 0.935 bits per heavy atom. The van der Waals surface area contributed by atoms with Crippen LogP contribution in [-0.4, -0.2) is 42.3 Å². The lowest BCUT2D eigenvalue weighted by molar-refractivity contribution is 0.122. The predicted octanol–water partition coefficient (Wildman–Crippen LogP) is 5.01. The van der Waals surface area contributed by atoms with E-state index in [1.165, 1.54) is 6.33 Å². The minimum absolute atomic E-state index is 0.322. The van der Waals surface area contributed by atoms with Gasteiger partial charge in [-0.25, -0.2) is 14.8 Å². The lowest BCUT2D eigenvalue weighted by Crippen LogP contribution is -2.36. The van der Waals surface area contributed by atoms with Crippen LogP contribution in [0.4, 0.5) is 33.5 Å². The summed E-state index contributed by atoms with van der Waals surface area (Å²) in [4.78, 5) is 22.9. The molecule has 1 fully saturated rings. The zero-order chi connectivity index (χ0) is 21.6. The quantitative estimate of drug-likeness (QED) is 0.497. The van der Waals surface area contributed by atoms with Crippen molar-refractivity contribution in [3.63, 3.8) is 0 Å². The summed E-state index contributed by atoms with van der Waals surface area (Å²) in [5.74, 6) is 0.864. The van der Waals surface area contributed by atoms with E-state index in [0.717, 1.165) is 37.7 Å². The van der Waals surface area contributed by atoms with Crippen molar-refractivity contribution in [2.45, 2.75) is 0 Å². The highest BCUT2D eigenvalue weighted by atomic mass is 35.5. The molecular weight excluding hydrogens is 439 g/mol. The molecule has 0 radical (unpaired) electrons. The highest BCUT2D eigenvalue weighted by molar-refractivity contribution is 6.39. The summed E-state index contributed by atoms with van der Waals surface area (Å²) in [6, 6.07) is 14.1. The van der Waals surface area contributed by atoms with E-state index in [1.807, 2.05) is 12.1 Å². The molecule has 0 aliphatic carbocycles. The van der Waals surface area contributed by atoms with E-state index in [-0.39, 0.29) is 0 Å². The second-order valence-corrected chi connectivity index (χ2v) is 7.55. The Morgan fingerprint density at radius 2 is 1.61 bits per heavy atom. The van der Waals surface area contributed by atoms with Crippen molar-refractivity contribution >= 4 is 57.9 Å². The van der Waals surface area contributed by atoms with E-state index in [0.29, 0.717) is 27.4 Å². The average Bonchev–Trinajstić information content (AvgIpc) is 2.78. The summed E-state index contributed by atoms with van der Waals surface area (Å²) in [7, 11) is 0. The van der Waals surface area contributed by atoms with Crippen LogP contribution in [0.5, 0.6) is 0 Å². The smallest absolute Gasteiger partial charge is 0.324 e. The summed E-state index contributed by atoms with van der Waals surface area (Å²) < 4.78 is 5.39. The number of hydrogen-bond donors (Lipinski definition) is 3. The molecule has 2 amide bonds. The largest absolute Gasteiger partial charge is 0.378 e. The minimum Gasteiger partial charge on any atom is -0.378 e. The topological polar surface area (TPSA) is 91.4 Å². The molecule has 0 unspecified atom stereocenters. The van der Waals surface area contributed by atoms with Crippen molar-refractivity contribution in [1.29, 1.82) is 0 Å². The Kier molecular flexibility index (Phi) is 6.71. The second-order valence-electron chi connectivity index (χ2n) is 6.74. The average molecular weight is 459 g/mol. The first-order valence-electron chi connectivity index (χ1n) is 9.62. The first-order valence-corrected chi connectivity index (χ1v) is 10.4. The van der Waals surface area contributed by atoms with Gasteiger partial charge in [-0.3, -0.25) is 5.32 Å². The van der Waals surface area contributed by atoms with Gasteiger partial charge in [0, 0.05) is 30.5 Å². The van der Waals surface area contributed by atoms with Crippen molar-refractivity contribution in [3.8, 4) is 0 Å². The molecule has 0 atom stereocenters. The van der Waals surface area contributed by atoms with Gasteiger partial charge in [0.15, 0.2) is 0 Å². The first kappa shape index (κ1) is 21.2. The number of para-hydroxylation sites is 1. The number of carbonyl (C=O) groups is 1. The predicted molar refractivity (Wildman–Crippen MR) is 124 cm³/mol. The zero-order valence-electron chi connectivity index (χ0n) is 16.4. The zero-order valence-corrected chi connectivity index (χ0v) is 18.0. The van der Waals surface area contributed by atoms with Crippen molar-refractivity contribution in [2.75, 3.05) is 47.2 Å². The van der Waals surface area contributed by atoms with E-state index in [9.17, 15) is 4.79 Å². The number of halogens is 2. The van der Waals surface area contributed by atoms with E-state index in [1.54, 1.807) is 24.3 Å². The van der Waals surface area contributed by atoms with Crippen LogP contribution in [0.25, 0.3) is 0 Å². The molecule has 160 valence electrons. The highest BCUT2D eigenvalue weighted by Crippen LogP contribution is 2.30. The van der Waals surface area contributed by atoms with E-state index in [4.69, 9.17) is 27.9 Å². The van der Waals surface area contributed by atoms with Gasteiger partial charge in [0.05, 0.1) is 28.9 Å². The van der Waals surface area contributed by atoms with Crippen LogP contribution in [0, 0.1) is 0 Å². The van der Waals surface area contributed by atoms with Gasteiger partial charge in [-0.15, -0.1) is 0 Å². The number of amides is 2. The Labute approximate surface area is 189 Å². The molecule has 31 heavy (non-hydrogen) atoms. The maximum atomic E-state index is 12.3. The summed E-state index contributed by atoms with van der Waals surface area (Å²) in [5.41, 5.74) is 2.35. The van der Waals surface area contributed by atoms with Gasteiger partial charge in [0.2, 0.25) is 0 Å².